The van der Waals surface area contributed by atoms with Crippen molar-refractivity contribution in [1.82, 2.24) is 19.9 Å². The average molecular weight is 391 g/mol. The van der Waals surface area contributed by atoms with Crippen molar-refractivity contribution in [2.45, 2.75) is 26.4 Å². The Balaban J connectivity index is 1.54. The number of ether oxygens (including phenoxy) is 1. The maximum atomic E-state index is 13.6. The molecule has 0 amide bonds. The Hall–Kier alpha value is -3.48. The molecule has 1 aromatic carbocycles. The average Bonchev–Trinajstić information content (AvgIpc) is 3.11. The third-order valence-corrected chi connectivity index (χ3v) is 4.42. The minimum atomic E-state index is -0.415. The summed E-state index contributed by atoms with van der Waals surface area (Å²) in [4.78, 5) is 16.0. The van der Waals surface area contributed by atoms with Crippen LogP contribution in [0.1, 0.15) is 19.4 Å². The summed E-state index contributed by atoms with van der Waals surface area (Å²) in [6, 6.07) is 11.6. The van der Waals surface area contributed by atoms with Crippen LogP contribution in [0.2, 0.25) is 0 Å². The molecule has 0 aliphatic heterocycles. The van der Waals surface area contributed by atoms with Crippen LogP contribution in [0.3, 0.4) is 0 Å². The number of fused-ring (bicyclic) bond motifs is 1. The Morgan fingerprint density at radius 2 is 2.00 bits per heavy atom. The van der Waals surface area contributed by atoms with Gasteiger partial charge in [-0.15, -0.1) is 0 Å². The smallest absolute Gasteiger partial charge is 0.319 e. The third-order valence-electron chi connectivity index (χ3n) is 4.42. The molecule has 3 heterocycles. The zero-order chi connectivity index (χ0) is 20.2. The van der Waals surface area contributed by atoms with Gasteiger partial charge in [0.15, 0.2) is 0 Å². The van der Waals surface area contributed by atoms with Crippen molar-refractivity contribution in [3.63, 3.8) is 0 Å². The Bertz CT molecular complexity index is 1130. The predicted octanol–water partition coefficient (Wildman–Crippen LogP) is 4.60. The van der Waals surface area contributed by atoms with Gasteiger partial charge in [-0.2, -0.15) is 9.97 Å². The second-order valence-electron chi connectivity index (χ2n) is 7.02. The second kappa shape index (κ2) is 8.26. The molecule has 0 atom stereocenters. The molecule has 0 aliphatic carbocycles. The number of nitrogens with zero attached hydrogens (tertiary/aromatic N) is 3. The molecule has 0 aliphatic rings. The lowest BCUT2D eigenvalue weighted by atomic mass is 10.1. The van der Waals surface area contributed by atoms with E-state index in [-0.39, 0.29) is 12.1 Å². The van der Waals surface area contributed by atoms with Crippen LogP contribution in [-0.4, -0.2) is 32.6 Å². The van der Waals surface area contributed by atoms with E-state index in [0.29, 0.717) is 23.6 Å². The molecule has 148 valence electrons. The Kier molecular flexibility index (Phi) is 5.37. The molecule has 7 heteroatoms. The topological polar surface area (TPSA) is 75.7 Å². The normalized spacial score (nSPS) is 11.2. The summed E-state index contributed by atoms with van der Waals surface area (Å²) in [5.41, 5.74) is 3.48. The molecule has 3 aromatic heterocycles. The highest BCUT2D eigenvalue weighted by Gasteiger charge is 2.11. The van der Waals surface area contributed by atoms with Gasteiger partial charge in [-0.3, -0.25) is 4.98 Å². The van der Waals surface area contributed by atoms with E-state index in [1.54, 1.807) is 12.3 Å². The van der Waals surface area contributed by atoms with Crippen LogP contribution in [0.4, 0.5) is 10.2 Å². The predicted molar refractivity (Wildman–Crippen MR) is 111 cm³/mol. The molecule has 0 unspecified atom stereocenters. The first-order chi connectivity index (χ1) is 14.1. The van der Waals surface area contributed by atoms with Crippen LogP contribution in [0.5, 0.6) is 6.01 Å². The van der Waals surface area contributed by atoms with Crippen LogP contribution in [0.15, 0.2) is 55.0 Å². The number of pyridine rings is 1. The van der Waals surface area contributed by atoms with Crippen molar-refractivity contribution < 1.29 is 9.13 Å². The van der Waals surface area contributed by atoms with Crippen LogP contribution < -0.4 is 10.1 Å². The van der Waals surface area contributed by atoms with Gasteiger partial charge in [0, 0.05) is 41.5 Å². The van der Waals surface area contributed by atoms with Gasteiger partial charge < -0.3 is 15.0 Å². The standard InChI is InChI=1S/C22H22FN5O/c1-14(2)29-22-27-20(16-9-17(23)13-24-11-16)10-21(28-22)25-8-7-15-12-26-19-6-4-3-5-18(15)19/h3-6,9-14,26H,7-8H2,1-2H3,(H,25,27,28). The minimum absolute atomic E-state index is 0.0741. The van der Waals surface area contributed by atoms with Gasteiger partial charge in [-0.1, -0.05) is 18.2 Å². The van der Waals surface area contributed by atoms with Gasteiger partial charge in [-0.05, 0) is 38.0 Å². The number of aromatic nitrogens is 4. The van der Waals surface area contributed by atoms with Crippen LogP contribution in [-0.2, 0) is 6.42 Å². The first-order valence-electron chi connectivity index (χ1n) is 9.54. The van der Waals surface area contributed by atoms with Crippen molar-refractivity contribution in [3.8, 4) is 17.3 Å². The summed E-state index contributed by atoms with van der Waals surface area (Å²) in [5.74, 6) is 0.205. The molecule has 0 fully saturated rings. The summed E-state index contributed by atoms with van der Waals surface area (Å²) in [6.07, 6.45) is 5.51. The summed E-state index contributed by atoms with van der Waals surface area (Å²) in [6.45, 7) is 4.49. The maximum Gasteiger partial charge on any atom is 0.319 e. The number of hydrogen-bond donors (Lipinski definition) is 2. The number of halogens is 1. The number of para-hydroxylation sites is 1. The lowest BCUT2D eigenvalue weighted by molar-refractivity contribution is 0.223. The van der Waals surface area contributed by atoms with E-state index >= 15 is 0 Å². The Morgan fingerprint density at radius 1 is 1.14 bits per heavy atom. The summed E-state index contributed by atoms with van der Waals surface area (Å²) in [5, 5.41) is 4.54. The molecule has 4 rings (SSSR count). The maximum absolute atomic E-state index is 13.6. The summed E-state index contributed by atoms with van der Waals surface area (Å²) in [7, 11) is 0. The monoisotopic (exact) mass is 391 g/mol. The lowest BCUT2D eigenvalue weighted by Crippen LogP contribution is -2.12. The quantitative estimate of drug-likeness (QED) is 0.481. The number of nitrogens with one attached hydrogen (secondary N) is 2. The van der Waals surface area contributed by atoms with E-state index in [0.717, 1.165) is 18.1 Å². The van der Waals surface area contributed by atoms with Crippen molar-refractivity contribution in [2.75, 3.05) is 11.9 Å². The highest BCUT2D eigenvalue weighted by molar-refractivity contribution is 5.83. The molecule has 2 N–H and O–H groups in total. The number of hydrogen-bond acceptors (Lipinski definition) is 5. The number of H-pyrrole nitrogens is 1. The van der Waals surface area contributed by atoms with Crippen LogP contribution >= 0.6 is 0 Å². The van der Waals surface area contributed by atoms with E-state index in [4.69, 9.17) is 4.74 Å². The van der Waals surface area contributed by atoms with E-state index in [2.05, 4.69) is 37.4 Å². The molecule has 0 spiro atoms. The number of rotatable bonds is 7. The van der Waals surface area contributed by atoms with Crippen molar-refractivity contribution in [2.24, 2.45) is 0 Å². The molecular formula is C22H22FN5O. The number of anilines is 1. The fourth-order valence-electron chi connectivity index (χ4n) is 3.14. The SMILES string of the molecule is CC(C)Oc1nc(NCCc2c[nH]c3ccccc23)cc(-c2cncc(F)c2)n1. The first kappa shape index (κ1) is 18.9. The van der Waals surface area contributed by atoms with E-state index in [9.17, 15) is 4.39 Å². The zero-order valence-corrected chi connectivity index (χ0v) is 16.3. The highest BCUT2D eigenvalue weighted by atomic mass is 19.1. The van der Waals surface area contributed by atoms with Crippen molar-refractivity contribution in [3.05, 3.63) is 66.4 Å². The fraction of sp³-hybridized carbons (Fsp3) is 0.227. The van der Waals surface area contributed by atoms with Crippen LogP contribution in [0, 0.1) is 5.82 Å². The van der Waals surface area contributed by atoms with E-state index in [1.807, 2.05) is 32.2 Å². The number of aromatic amines is 1. The largest absolute Gasteiger partial charge is 0.461 e. The van der Waals surface area contributed by atoms with Gasteiger partial charge in [0.1, 0.15) is 11.6 Å². The molecule has 0 saturated carbocycles. The van der Waals surface area contributed by atoms with Gasteiger partial charge in [0.2, 0.25) is 0 Å². The molecule has 0 radical (unpaired) electrons. The second-order valence-corrected chi connectivity index (χ2v) is 7.02. The summed E-state index contributed by atoms with van der Waals surface area (Å²) >= 11 is 0. The molecule has 29 heavy (non-hydrogen) atoms. The van der Waals surface area contributed by atoms with Gasteiger partial charge in [0.05, 0.1) is 18.0 Å². The highest BCUT2D eigenvalue weighted by Crippen LogP contribution is 2.23. The van der Waals surface area contributed by atoms with Crippen molar-refractivity contribution in [1.29, 1.82) is 0 Å². The molecule has 4 aromatic rings. The molecule has 0 bridgehead atoms. The Morgan fingerprint density at radius 3 is 2.83 bits per heavy atom. The first-order valence-corrected chi connectivity index (χ1v) is 9.54. The molecular weight excluding hydrogens is 369 g/mol. The van der Waals surface area contributed by atoms with Crippen molar-refractivity contribution >= 4 is 16.7 Å². The summed E-state index contributed by atoms with van der Waals surface area (Å²) < 4.78 is 19.3. The third kappa shape index (κ3) is 4.51. The fourth-order valence-corrected chi connectivity index (χ4v) is 3.14. The molecule has 0 saturated heterocycles. The van der Waals surface area contributed by atoms with E-state index in [1.165, 1.54) is 17.0 Å². The van der Waals surface area contributed by atoms with E-state index < -0.39 is 5.82 Å². The zero-order valence-electron chi connectivity index (χ0n) is 16.3. The molecule has 6 nitrogen and oxygen atoms in total. The minimum Gasteiger partial charge on any atom is -0.461 e. The number of benzene rings is 1. The van der Waals surface area contributed by atoms with Gasteiger partial charge in [-0.25, -0.2) is 4.39 Å². The lowest BCUT2D eigenvalue weighted by Gasteiger charge is -2.12. The van der Waals surface area contributed by atoms with Crippen LogP contribution in [0.25, 0.3) is 22.2 Å². The van der Waals surface area contributed by atoms with Gasteiger partial charge in [0.25, 0.3) is 0 Å². The van der Waals surface area contributed by atoms with Gasteiger partial charge >= 0.3 is 6.01 Å². The Labute approximate surface area is 168 Å².